The lowest BCUT2D eigenvalue weighted by Gasteiger charge is -2.17. The molecule has 0 aliphatic heterocycles. The number of nitrogens with one attached hydrogen (secondary N) is 1. The van der Waals surface area contributed by atoms with Crippen LogP contribution in [-0.2, 0) is 0 Å². The predicted molar refractivity (Wildman–Crippen MR) is 73.3 cm³/mol. The van der Waals surface area contributed by atoms with Gasteiger partial charge in [0.15, 0.2) is 0 Å². The van der Waals surface area contributed by atoms with Gasteiger partial charge in [-0.15, -0.1) is 0 Å². The largest absolute Gasteiger partial charge is 0.345 e. The van der Waals surface area contributed by atoms with Gasteiger partial charge in [-0.2, -0.15) is 0 Å². The van der Waals surface area contributed by atoms with Crippen LogP contribution < -0.4 is 5.32 Å². The smallest absolute Gasteiger partial charge is 0.251 e. The number of carbonyl (C=O) groups is 1. The van der Waals surface area contributed by atoms with Crippen molar-refractivity contribution in [2.45, 2.75) is 19.4 Å². The van der Waals surface area contributed by atoms with E-state index in [-0.39, 0.29) is 17.8 Å². The lowest BCUT2D eigenvalue weighted by atomic mass is 10.0. The summed E-state index contributed by atoms with van der Waals surface area (Å²) in [6.45, 7) is 2.02. The van der Waals surface area contributed by atoms with Gasteiger partial charge < -0.3 is 5.32 Å². The Bertz CT molecular complexity index is 536. The van der Waals surface area contributed by atoms with Gasteiger partial charge >= 0.3 is 0 Å². The minimum Gasteiger partial charge on any atom is -0.345 e. The summed E-state index contributed by atoms with van der Waals surface area (Å²) in [5, 5.41) is 2.96. The fraction of sp³-hybridized carbons (Fsp3) is 0.188. The molecular weight excluding hydrogens is 241 g/mol. The van der Waals surface area contributed by atoms with E-state index >= 15 is 0 Å². The topological polar surface area (TPSA) is 29.1 Å². The molecule has 0 aliphatic rings. The summed E-state index contributed by atoms with van der Waals surface area (Å²) in [4.78, 5) is 12.1. The Kier molecular flexibility index (Phi) is 4.29. The maximum absolute atomic E-state index is 12.8. The van der Waals surface area contributed by atoms with Crippen LogP contribution >= 0.6 is 0 Å². The first-order chi connectivity index (χ1) is 9.20. The molecule has 0 radical (unpaired) electrons. The second kappa shape index (κ2) is 6.14. The van der Waals surface area contributed by atoms with E-state index < -0.39 is 0 Å². The molecule has 98 valence electrons. The molecule has 3 heteroatoms. The first-order valence-corrected chi connectivity index (χ1v) is 6.32. The fourth-order valence-corrected chi connectivity index (χ4v) is 1.95. The van der Waals surface area contributed by atoms with Gasteiger partial charge in [0, 0.05) is 5.56 Å². The molecular formula is C16H16FNO. The van der Waals surface area contributed by atoms with E-state index in [0.717, 1.165) is 12.0 Å². The molecule has 19 heavy (non-hydrogen) atoms. The Balaban J connectivity index is 2.10. The van der Waals surface area contributed by atoms with Gasteiger partial charge in [-0.25, -0.2) is 4.39 Å². The van der Waals surface area contributed by atoms with Crippen molar-refractivity contribution in [3.63, 3.8) is 0 Å². The number of hydrogen-bond acceptors (Lipinski definition) is 1. The van der Waals surface area contributed by atoms with Gasteiger partial charge in [0.05, 0.1) is 6.04 Å². The Morgan fingerprint density at radius 1 is 1.11 bits per heavy atom. The van der Waals surface area contributed by atoms with Crippen LogP contribution in [0.4, 0.5) is 4.39 Å². The van der Waals surface area contributed by atoms with E-state index in [0.29, 0.717) is 5.56 Å². The van der Waals surface area contributed by atoms with Gasteiger partial charge in [0.2, 0.25) is 0 Å². The minimum absolute atomic E-state index is 0.0289. The summed E-state index contributed by atoms with van der Waals surface area (Å²) in [7, 11) is 0. The van der Waals surface area contributed by atoms with Gasteiger partial charge in [-0.1, -0.05) is 37.3 Å². The summed E-state index contributed by atoms with van der Waals surface area (Å²) >= 11 is 0. The van der Waals surface area contributed by atoms with Crippen molar-refractivity contribution >= 4 is 5.91 Å². The van der Waals surface area contributed by atoms with Crippen LogP contribution in [0.15, 0.2) is 54.6 Å². The average molecular weight is 257 g/mol. The van der Waals surface area contributed by atoms with Crippen molar-refractivity contribution in [3.8, 4) is 0 Å². The number of carbonyl (C=O) groups excluding carboxylic acids is 1. The highest BCUT2D eigenvalue weighted by Gasteiger charge is 2.13. The SMILES string of the molecule is CC[C@H](NC(=O)c1ccc(F)cc1)c1ccccc1. The molecule has 0 unspecified atom stereocenters. The van der Waals surface area contributed by atoms with Crippen LogP contribution in [0.1, 0.15) is 35.3 Å². The van der Waals surface area contributed by atoms with Gasteiger partial charge in [0.25, 0.3) is 5.91 Å². The monoisotopic (exact) mass is 257 g/mol. The van der Waals surface area contributed by atoms with E-state index in [4.69, 9.17) is 0 Å². The van der Waals surface area contributed by atoms with E-state index in [1.165, 1.54) is 24.3 Å². The summed E-state index contributed by atoms with van der Waals surface area (Å²) in [6, 6.07) is 15.3. The molecule has 2 nitrogen and oxygen atoms in total. The summed E-state index contributed by atoms with van der Waals surface area (Å²) in [5.74, 6) is -0.526. The molecule has 0 saturated carbocycles. The number of benzene rings is 2. The van der Waals surface area contributed by atoms with Crippen molar-refractivity contribution < 1.29 is 9.18 Å². The highest BCUT2D eigenvalue weighted by Crippen LogP contribution is 2.16. The normalized spacial score (nSPS) is 11.9. The molecule has 0 aromatic heterocycles. The molecule has 2 rings (SSSR count). The van der Waals surface area contributed by atoms with E-state index in [2.05, 4.69) is 5.32 Å². The second-order valence-electron chi connectivity index (χ2n) is 4.35. The number of hydrogen-bond donors (Lipinski definition) is 1. The molecule has 0 saturated heterocycles. The van der Waals surface area contributed by atoms with E-state index in [9.17, 15) is 9.18 Å². The second-order valence-corrected chi connectivity index (χ2v) is 4.35. The Morgan fingerprint density at radius 3 is 2.32 bits per heavy atom. The number of rotatable bonds is 4. The molecule has 2 aromatic rings. The van der Waals surface area contributed by atoms with Crippen LogP contribution in [0.3, 0.4) is 0 Å². The van der Waals surface area contributed by atoms with Crippen LogP contribution in [0, 0.1) is 5.82 Å². The number of halogens is 1. The lowest BCUT2D eigenvalue weighted by Crippen LogP contribution is -2.28. The molecule has 0 spiro atoms. The molecule has 0 aliphatic carbocycles. The van der Waals surface area contributed by atoms with Crippen LogP contribution in [-0.4, -0.2) is 5.91 Å². The van der Waals surface area contributed by atoms with Crippen LogP contribution in [0.2, 0.25) is 0 Å². The Hall–Kier alpha value is -2.16. The highest BCUT2D eigenvalue weighted by molar-refractivity contribution is 5.94. The lowest BCUT2D eigenvalue weighted by molar-refractivity contribution is 0.0935. The molecule has 0 bridgehead atoms. The average Bonchev–Trinajstić information content (AvgIpc) is 2.46. The Morgan fingerprint density at radius 2 is 1.74 bits per heavy atom. The molecule has 1 amide bonds. The number of amides is 1. The maximum atomic E-state index is 12.8. The molecule has 0 heterocycles. The van der Waals surface area contributed by atoms with E-state index in [1.54, 1.807) is 0 Å². The third kappa shape index (κ3) is 3.41. The third-order valence-electron chi connectivity index (χ3n) is 3.02. The highest BCUT2D eigenvalue weighted by atomic mass is 19.1. The standard InChI is InChI=1S/C16H16FNO/c1-2-15(12-6-4-3-5-7-12)18-16(19)13-8-10-14(17)11-9-13/h3-11,15H,2H2,1H3,(H,18,19)/t15-/m0/s1. The molecule has 1 N–H and O–H groups in total. The van der Waals surface area contributed by atoms with Crippen molar-refractivity contribution in [2.75, 3.05) is 0 Å². The molecule has 0 fully saturated rings. The van der Waals surface area contributed by atoms with Crippen molar-refractivity contribution in [2.24, 2.45) is 0 Å². The summed E-state index contributed by atoms with van der Waals surface area (Å²) in [5.41, 5.74) is 1.54. The van der Waals surface area contributed by atoms with Gasteiger partial charge in [0.1, 0.15) is 5.82 Å². The van der Waals surface area contributed by atoms with Crippen molar-refractivity contribution in [1.29, 1.82) is 0 Å². The molecule has 2 aromatic carbocycles. The summed E-state index contributed by atoms with van der Waals surface area (Å²) < 4.78 is 12.8. The van der Waals surface area contributed by atoms with Crippen LogP contribution in [0.25, 0.3) is 0 Å². The zero-order valence-electron chi connectivity index (χ0n) is 10.8. The van der Waals surface area contributed by atoms with Gasteiger partial charge in [-0.3, -0.25) is 4.79 Å². The Labute approximate surface area is 112 Å². The zero-order valence-corrected chi connectivity index (χ0v) is 10.8. The molecule has 1 atom stereocenters. The third-order valence-corrected chi connectivity index (χ3v) is 3.02. The minimum atomic E-state index is -0.341. The first-order valence-electron chi connectivity index (χ1n) is 6.32. The first kappa shape index (κ1) is 13.3. The van der Waals surface area contributed by atoms with Crippen molar-refractivity contribution in [3.05, 3.63) is 71.5 Å². The zero-order chi connectivity index (χ0) is 13.7. The van der Waals surface area contributed by atoms with Crippen LogP contribution in [0.5, 0.6) is 0 Å². The predicted octanol–water partition coefficient (Wildman–Crippen LogP) is 3.71. The van der Waals surface area contributed by atoms with Crippen molar-refractivity contribution in [1.82, 2.24) is 5.32 Å². The van der Waals surface area contributed by atoms with E-state index in [1.807, 2.05) is 37.3 Å². The quantitative estimate of drug-likeness (QED) is 0.888. The summed E-state index contributed by atoms with van der Waals surface area (Å²) in [6.07, 6.45) is 0.803. The fourth-order valence-electron chi connectivity index (χ4n) is 1.95. The maximum Gasteiger partial charge on any atom is 0.251 e. The van der Waals surface area contributed by atoms with Gasteiger partial charge in [-0.05, 0) is 36.2 Å².